The number of hydrogen-bond donors (Lipinski definition) is 1. The van der Waals surface area contributed by atoms with Crippen molar-refractivity contribution < 1.29 is 13.5 Å². The van der Waals surface area contributed by atoms with Gasteiger partial charge in [0.25, 0.3) is 0 Å². The van der Waals surface area contributed by atoms with Crippen LogP contribution in [0.1, 0.15) is 11.6 Å². The number of nitrogens with one attached hydrogen (secondary N) is 1. The molecule has 3 rings (SSSR count). The summed E-state index contributed by atoms with van der Waals surface area (Å²) in [5, 5.41) is 3.19. The van der Waals surface area contributed by atoms with Crippen molar-refractivity contribution in [1.29, 1.82) is 0 Å². The number of hydrogen-bond acceptors (Lipinski definition) is 2. The Bertz CT molecular complexity index is 569. The van der Waals surface area contributed by atoms with Gasteiger partial charge in [-0.1, -0.05) is 12.1 Å². The van der Waals surface area contributed by atoms with Crippen LogP contribution in [0.3, 0.4) is 0 Å². The first kappa shape index (κ1) is 11.0. The zero-order valence-electron chi connectivity index (χ0n) is 9.49. The van der Waals surface area contributed by atoms with Crippen LogP contribution >= 0.6 is 0 Å². The van der Waals surface area contributed by atoms with E-state index >= 15 is 0 Å². The van der Waals surface area contributed by atoms with E-state index in [-0.39, 0.29) is 17.7 Å². The summed E-state index contributed by atoms with van der Waals surface area (Å²) in [6, 6.07) is 10.4. The SMILES string of the molecule is Fc1ccc(C2COc3ccc(F)cc3N2)cc1. The monoisotopic (exact) mass is 247 g/mol. The van der Waals surface area contributed by atoms with E-state index in [1.165, 1.54) is 24.3 Å². The highest BCUT2D eigenvalue weighted by atomic mass is 19.1. The Balaban J connectivity index is 1.88. The Kier molecular flexibility index (Phi) is 2.63. The van der Waals surface area contributed by atoms with Crippen molar-refractivity contribution in [3.8, 4) is 5.75 Å². The highest BCUT2D eigenvalue weighted by Crippen LogP contribution is 2.34. The highest BCUT2D eigenvalue weighted by Gasteiger charge is 2.20. The van der Waals surface area contributed by atoms with E-state index in [9.17, 15) is 8.78 Å². The van der Waals surface area contributed by atoms with Gasteiger partial charge in [-0.05, 0) is 29.8 Å². The second kappa shape index (κ2) is 4.29. The van der Waals surface area contributed by atoms with Crippen molar-refractivity contribution in [2.45, 2.75) is 6.04 Å². The van der Waals surface area contributed by atoms with Crippen LogP contribution in [-0.4, -0.2) is 6.61 Å². The van der Waals surface area contributed by atoms with Gasteiger partial charge in [-0.15, -0.1) is 0 Å². The smallest absolute Gasteiger partial charge is 0.142 e. The van der Waals surface area contributed by atoms with Crippen LogP contribution in [0, 0.1) is 11.6 Å². The first-order valence-corrected chi connectivity index (χ1v) is 5.67. The number of benzene rings is 2. The Morgan fingerprint density at radius 3 is 2.50 bits per heavy atom. The molecule has 18 heavy (non-hydrogen) atoms. The van der Waals surface area contributed by atoms with Gasteiger partial charge in [0.1, 0.15) is 24.0 Å². The van der Waals surface area contributed by atoms with E-state index in [2.05, 4.69) is 5.32 Å². The molecule has 0 aromatic heterocycles. The van der Waals surface area contributed by atoms with E-state index in [0.29, 0.717) is 18.0 Å². The molecule has 1 aliphatic rings. The summed E-state index contributed by atoms with van der Waals surface area (Å²) in [5.74, 6) is 0.0429. The van der Waals surface area contributed by atoms with Crippen LogP contribution < -0.4 is 10.1 Å². The predicted molar refractivity (Wildman–Crippen MR) is 64.7 cm³/mol. The zero-order valence-corrected chi connectivity index (χ0v) is 9.49. The van der Waals surface area contributed by atoms with E-state index in [1.54, 1.807) is 18.2 Å². The van der Waals surface area contributed by atoms with Crippen molar-refractivity contribution in [2.75, 3.05) is 11.9 Å². The quantitative estimate of drug-likeness (QED) is 0.832. The summed E-state index contributed by atoms with van der Waals surface area (Å²) in [6.45, 7) is 0.435. The second-order valence-electron chi connectivity index (χ2n) is 4.20. The molecule has 1 atom stereocenters. The molecule has 0 aliphatic carbocycles. The molecule has 0 amide bonds. The third-order valence-electron chi connectivity index (χ3n) is 2.95. The summed E-state index contributed by atoms with van der Waals surface area (Å²) in [7, 11) is 0. The fourth-order valence-corrected chi connectivity index (χ4v) is 2.02. The van der Waals surface area contributed by atoms with E-state index in [1.807, 2.05) is 0 Å². The number of rotatable bonds is 1. The number of fused-ring (bicyclic) bond motifs is 1. The molecule has 0 bridgehead atoms. The molecule has 1 unspecified atom stereocenters. The van der Waals surface area contributed by atoms with Crippen molar-refractivity contribution in [3.05, 3.63) is 59.7 Å². The summed E-state index contributed by atoms with van der Waals surface area (Å²) in [4.78, 5) is 0. The average Bonchev–Trinajstić information content (AvgIpc) is 2.38. The van der Waals surface area contributed by atoms with Gasteiger partial charge in [0, 0.05) is 6.07 Å². The maximum Gasteiger partial charge on any atom is 0.142 e. The first-order chi connectivity index (χ1) is 8.72. The van der Waals surface area contributed by atoms with Gasteiger partial charge in [-0.25, -0.2) is 8.78 Å². The second-order valence-corrected chi connectivity index (χ2v) is 4.20. The lowest BCUT2D eigenvalue weighted by Crippen LogP contribution is -2.23. The Morgan fingerprint density at radius 1 is 1.00 bits per heavy atom. The fraction of sp³-hybridized carbons (Fsp3) is 0.143. The van der Waals surface area contributed by atoms with Gasteiger partial charge in [-0.2, -0.15) is 0 Å². The summed E-state index contributed by atoms with van der Waals surface area (Å²) in [5.41, 5.74) is 1.53. The van der Waals surface area contributed by atoms with E-state index in [4.69, 9.17) is 4.74 Å². The van der Waals surface area contributed by atoms with Crippen molar-refractivity contribution in [1.82, 2.24) is 0 Å². The van der Waals surface area contributed by atoms with Gasteiger partial charge < -0.3 is 10.1 Å². The van der Waals surface area contributed by atoms with Gasteiger partial charge in [0.15, 0.2) is 0 Å². The third kappa shape index (κ3) is 2.01. The fourth-order valence-electron chi connectivity index (χ4n) is 2.02. The minimum absolute atomic E-state index is 0.0973. The van der Waals surface area contributed by atoms with Gasteiger partial charge in [0.2, 0.25) is 0 Å². The predicted octanol–water partition coefficient (Wildman–Crippen LogP) is 3.51. The summed E-state index contributed by atoms with van der Waals surface area (Å²) < 4.78 is 31.5. The molecule has 0 spiro atoms. The molecule has 2 aromatic carbocycles. The van der Waals surface area contributed by atoms with Crippen LogP contribution in [0.2, 0.25) is 0 Å². The maximum atomic E-state index is 13.1. The molecule has 2 nitrogen and oxygen atoms in total. The molecular formula is C14H11F2NO. The van der Waals surface area contributed by atoms with Crippen LogP contribution in [0.4, 0.5) is 14.5 Å². The number of halogens is 2. The van der Waals surface area contributed by atoms with Gasteiger partial charge >= 0.3 is 0 Å². The molecule has 0 fully saturated rings. The maximum absolute atomic E-state index is 13.1. The van der Waals surface area contributed by atoms with Crippen LogP contribution in [0.25, 0.3) is 0 Å². The molecule has 0 saturated carbocycles. The molecule has 1 aliphatic heterocycles. The van der Waals surface area contributed by atoms with E-state index in [0.717, 1.165) is 5.56 Å². The highest BCUT2D eigenvalue weighted by molar-refractivity contribution is 5.59. The van der Waals surface area contributed by atoms with Gasteiger partial charge in [-0.3, -0.25) is 0 Å². The largest absolute Gasteiger partial charge is 0.489 e. The van der Waals surface area contributed by atoms with Gasteiger partial charge in [0.05, 0.1) is 11.7 Å². The molecule has 4 heteroatoms. The zero-order chi connectivity index (χ0) is 12.5. The molecule has 2 aromatic rings. The number of ether oxygens (including phenoxy) is 1. The molecule has 92 valence electrons. The Hall–Kier alpha value is -2.10. The lowest BCUT2D eigenvalue weighted by atomic mass is 10.1. The molecular weight excluding hydrogens is 236 g/mol. The molecule has 1 heterocycles. The molecule has 0 radical (unpaired) electrons. The van der Waals surface area contributed by atoms with Crippen LogP contribution in [0.15, 0.2) is 42.5 Å². The van der Waals surface area contributed by atoms with E-state index < -0.39 is 0 Å². The molecule has 0 saturated heterocycles. The lowest BCUT2D eigenvalue weighted by Gasteiger charge is -2.27. The molecule has 1 N–H and O–H groups in total. The van der Waals surface area contributed by atoms with Crippen molar-refractivity contribution >= 4 is 5.69 Å². The van der Waals surface area contributed by atoms with Crippen LogP contribution in [0.5, 0.6) is 5.75 Å². The average molecular weight is 247 g/mol. The first-order valence-electron chi connectivity index (χ1n) is 5.67. The minimum atomic E-state index is -0.315. The van der Waals surface area contributed by atoms with Crippen molar-refractivity contribution in [3.63, 3.8) is 0 Å². The Labute approximate surface area is 103 Å². The summed E-state index contributed by atoms with van der Waals surface area (Å²) >= 11 is 0. The van der Waals surface area contributed by atoms with Crippen molar-refractivity contribution in [2.24, 2.45) is 0 Å². The lowest BCUT2D eigenvalue weighted by molar-refractivity contribution is 0.286. The third-order valence-corrected chi connectivity index (χ3v) is 2.95. The van der Waals surface area contributed by atoms with Crippen LogP contribution in [-0.2, 0) is 0 Å². The topological polar surface area (TPSA) is 21.3 Å². The number of anilines is 1. The minimum Gasteiger partial charge on any atom is -0.489 e. The standard InChI is InChI=1S/C14H11F2NO/c15-10-3-1-9(2-4-10)13-8-18-14-6-5-11(16)7-12(14)17-13/h1-7,13,17H,8H2. The summed E-state index contributed by atoms with van der Waals surface area (Å²) in [6.07, 6.45) is 0. The normalized spacial score (nSPS) is 17.6. The Morgan fingerprint density at radius 2 is 1.72 bits per heavy atom.